The maximum Gasteiger partial charge on any atom is 0.280 e. The molecular weight excluding hydrogens is 418 g/mol. The van der Waals surface area contributed by atoms with Crippen LogP contribution in [0.2, 0.25) is 5.02 Å². The Kier molecular flexibility index (Phi) is 6.18. The first kappa shape index (κ1) is 21.6. The largest absolute Gasteiger partial charge is 0.495 e. The zero-order valence-corrected chi connectivity index (χ0v) is 18.2. The number of anilines is 1. The third-order valence-corrected chi connectivity index (χ3v) is 6.80. The van der Waals surface area contributed by atoms with E-state index < -0.39 is 28.2 Å². The number of aryl methyl sites for hydroxylation is 2. The molecule has 2 heterocycles. The number of ether oxygens (including phenoxy) is 1. The summed E-state index contributed by atoms with van der Waals surface area (Å²) in [5, 5.41) is 7.54. The van der Waals surface area contributed by atoms with Gasteiger partial charge in [-0.15, -0.1) is 0 Å². The van der Waals surface area contributed by atoms with Gasteiger partial charge < -0.3 is 10.1 Å². The molecule has 2 N–H and O–H groups in total. The second-order valence-corrected chi connectivity index (χ2v) is 9.00. The molecule has 158 valence electrons. The quantitative estimate of drug-likeness (QED) is 0.739. The summed E-state index contributed by atoms with van der Waals surface area (Å²) in [6.07, 6.45) is 2.06. The van der Waals surface area contributed by atoms with Gasteiger partial charge in [-0.2, -0.15) is 22.5 Å². The van der Waals surface area contributed by atoms with Crippen molar-refractivity contribution in [2.24, 2.45) is 0 Å². The van der Waals surface area contributed by atoms with Crippen LogP contribution in [-0.4, -0.2) is 48.6 Å². The normalized spacial score (nSPS) is 21.7. The Morgan fingerprint density at radius 3 is 2.79 bits per heavy atom. The molecule has 0 bridgehead atoms. The highest BCUT2D eigenvalue weighted by Gasteiger charge is 2.41. The Morgan fingerprint density at radius 1 is 1.45 bits per heavy atom. The van der Waals surface area contributed by atoms with E-state index in [0.29, 0.717) is 23.0 Å². The van der Waals surface area contributed by atoms with Crippen LogP contribution in [0.1, 0.15) is 30.6 Å². The van der Waals surface area contributed by atoms with E-state index in [2.05, 4.69) is 15.1 Å². The van der Waals surface area contributed by atoms with Crippen molar-refractivity contribution in [2.45, 2.75) is 38.9 Å². The van der Waals surface area contributed by atoms with Crippen LogP contribution in [0, 0.1) is 6.92 Å². The first-order valence-electron chi connectivity index (χ1n) is 9.10. The van der Waals surface area contributed by atoms with Gasteiger partial charge in [0.25, 0.3) is 10.2 Å². The lowest BCUT2D eigenvalue weighted by Crippen LogP contribution is -2.56. The number of amides is 1. The molecule has 11 heteroatoms. The van der Waals surface area contributed by atoms with E-state index in [-0.39, 0.29) is 6.42 Å². The van der Waals surface area contributed by atoms with E-state index in [4.69, 9.17) is 16.3 Å². The lowest BCUT2D eigenvalue weighted by molar-refractivity contribution is -0.120. The Hall–Kier alpha value is -2.14. The number of carbonyl (C=O) groups excluding carboxylic acids is 1. The predicted molar refractivity (Wildman–Crippen MR) is 110 cm³/mol. The maximum atomic E-state index is 13.0. The summed E-state index contributed by atoms with van der Waals surface area (Å²) in [5.74, 6) is -0.0394. The molecule has 1 amide bonds. The lowest BCUT2D eigenvalue weighted by atomic mass is 10.00. The number of nitrogens with zero attached hydrogens (tertiary/aromatic N) is 3. The summed E-state index contributed by atoms with van der Waals surface area (Å²) < 4.78 is 36.0. The molecular formula is C18H24ClN5O4S. The molecule has 1 aromatic carbocycles. The van der Waals surface area contributed by atoms with Crippen molar-refractivity contribution in [3.05, 3.63) is 40.7 Å². The third kappa shape index (κ3) is 4.40. The number of aromatic nitrogens is 2. The number of hydrogen-bond donors (Lipinski definition) is 2. The van der Waals surface area contributed by atoms with Gasteiger partial charge in [-0.3, -0.25) is 9.48 Å². The molecule has 9 nitrogen and oxygen atoms in total. The smallest absolute Gasteiger partial charge is 0.280 e. The fourth-order valence-electron chi connectivity index (χ4n) is 3.34. The van der Waals surface area contributed by atoms with Crippen molar-refractivity contribution < 1.29 is 17.9 Å². The third-order valence-electron chi connectivity index (χ3n) is 4.97. The first-order chi connectivity index (χ1) is 13.7. The van der Waals surface area contributed by atoms with Gasteiger partial charge in [-0.1, -0.05) is 11.6 Å². The van der Waals surface area contributed by atoms with Crippen LogP contribution in [0.3, 0.4) is 0 Å². The molecule has 0 aliphatic carbocycles. The molecule has 1 saturated heterocycles. The number of hydrogen-bond acceptors (Lipinski definition) is 5. The zero-order chi connectivity index (χ0) is 21.3. The van der Waals surface area contributed by atoms with E-state index >= 15 is 0 Å². The van der Waals surface area contributed by atoms with E-state index in [1.807, 2.05) is 20.0 Å². The van der Waals surface area contributed by atoms with Gasteiger partial charge in [-0.05, 0) is 38.5 Å². The highest BCUT2D eigenvalue weighted by Crippen LogP contribution is 2.32. The molecule has 3 rings (SSSR count). The van der Waals surface area contributed by atoms with E-state index in [0.717, 1.165) is 15.6 Å². The number of nitrogens with one attached hydrogen (secondary N) is 2. The van der Waals surface area contributed by atoms with Crippen molar-refractivity contribution in [1.82, 2.24) is 18.8 Å². The summed E-state index contributed by atoms with van der Waals surface area (Å²) in [7, 11) is -1.00. The molecule has 0 radical (unpaired) electrons. The van der Waals surface area contributed by atoms with Crippen LogP contribution < -0.4 is 14.8 Å². The predicted octanol–water partition coefficient (Wildman–Crippen LogP) is 2.09. The minimum atomic E-state index is -3.86. The van der Waals surface area contributed by atoms with Gasteiger partial charge in [0.2, 0.25) is 5.91 Å². The monoisotopic (exact) mass is 441 g/mol. The Morgan fingerprint density at radius 2 is 2.17 bits per heavy atom. The Labute approximate surface area is 175 Å². The molecule has 2 aromatic rings. The topological polar surface area (TPSA) is 106 Å². The van der Waals surface area contributed by atoms with Crippen molar-refractivity contribution in [3.8, 4) is 5.75 Å². The first-order valence-corrected chi connectivity index (χ1v) is 10.9. The Balaban J connectivity index is 1.89. The van der Waals surface area contributed by atoms with Crippen molar-refractivity contribution in [3.63, 3.8) is 0 Å². The average molecular weight is 442 g/mol. The van der Waals surface area contributed by atoms with Gasteiger partial charge in [0.1, 0.15) is 11.8 Å². The van der Waals surface area contributed by atoms with Gasteiger partial charge in [0, 0.05) is 30.4 Å². The van der Waals surface area contributed by atoms with E-state index in [9.17, 15) is 13.2 Å². The molecule has 1 fully saturated rings. The second-order valence-electron chi connectivity index (χ2n) is 6.80. The van der Waals surface area contributed by atoms with Crippen LogP contribution in [-0.2, 0) is 21.5 Å². The van der Waals surface area contributed by atoms with Gasteiger partial charge >= 0.3 is 0 Å². The Bertz CT molecular complexity index is 1020. The summed E-state index contributed by atoms with van der Waals surface area (Å²) in [6.45, 7) is 4.43. The number of likely N-dealkylation sites (N-methyl/N-ethyl adjacent to an activating group) is 1. The highest BCUT2D eigenvalue weighted by atomic mass is 35.5. The fourth-order valence-corrected chi connectivity index (χ4v) is 4.78. The summed E-state index contributed by atoms with van der Waals surface area (Å²) in [5.41, 5.74) is 1.85. The minimum Gasteiger partial charge on any atom is -0.495 e. The second kappa shape index (κ2) is 8.31. The number of carbonyl (C=O) groups is 1. The zero-order valence-electron chi connectivity index (χ0n) is 16.6. The number of benzene rings is 1. The van der Waals surface area contributed by atoms with Crippen LogP contribution in [0.4, 0.5) is 5.69 Å². The van der Waals surface area contributed by atoms with E-state index in [1.165, 1.54) is 14.2 Å². The lowest BCUT2D eigenvalue weighted by Gasteiger charge is -2.36. The molecule has 2 atom stereocenters. The maximum absolute atomic E-state index is 13.0. The molecule has 1 aliphatic rings. The minimum absolute atomic E-state index is 0.251. The average Bonchev–Trinajstić information content (AvgIpc) is 3.05. The van der Waals surface area contributed by atoms with Gasteiger partial charge in [-0.25, -0.2) is 0 Å². The number of halogens is 1. The molecule has 0 saturated carbocycles. The van der Waals surface area contributed by atoms with Crippen molar-refractivity contribution >= 4 is 33.4 Å². The van der Waals surface area contributed by atoms with E-state index in [1.54, 1.807) is 22.9 Å². The number of rotatable bonds is 5. The van der Waals surface area contributed by atoms with Crippen LogP contribution >= 0.6 is 11.6 Å². The van der Waals surface area contributed by atoms with Crippen LogP contribution in [0.15, 0.2) is 24.4 Å². The highest BCUT2D eigenvalue weighted by molar-refractivity contribution is 7.87. The molecule has 2 unspecified atom stereocenters. The van der Waals surface area contributed by atoms with Crippen molar-refractivity contribution in [1.29, 1.82) is 0 Å². The summed E-state index contributed by atoms with van der Waals surface area (Å²) in [4.78, 5) is 13.0. The summed E-state index contributed by atoms with van der Waals surface area (Å²) >= 11 is 6.02. The number of methoxy groups -OCH3 is 1. The molecule has 1 aliphatic heterocycles. The van der Waals surface area contributed by atoms with Crippen molar-refractivity contribution in [2.75, 3.05) is 19.5 Å². The SMILES string of the molecule is CCn1cc(C2CC(C(=O)Nc3cc(Cl)ccc3OC)N(C)S(=O)(=O)N2)c(C)n1. The van der Waals surface area contributed by atoms with Crippen LogP contribution in [0.5, 0.6) is 5.75 Å². The fraction of sp³-hybridized carbons (Fsp3) is 0.444. The van der Waals surface area contributed by atoms with Gasteiger partial charge in [0.05, 0.1) is 24.5 Å². The van der Waals surface area contributed by atoms with Crippen LogP contribution in [0.25, 0.3) is 0 Å². The molecule has 0 spiro atoms. The summed E-state index contributed by atoms with van der Waals surface area (Å²) in [6, 6.07) is 3.35. The molecule has 1 aromatic heterocycles. The molecule has 29 heavy (non-hydrogen) atoms. The van der Waals surface area contributed by atoms with Gasteiger partial charge in [0.15, 0.2) is 0 Å². The standard InChI is InChI=1S/C18H24ClN5O4S/c1-5-24-10-13(11(2)21-24)14-9-16(23(3)29(26,27)22-14)18(25)20-15-8-12(19)6-7-17(15)28-4/h6-8,10,14,16,22H,5,9H2,1-4H3,(H,20,25).